The van der Waals surface area contributed by atoms with E-state index < -0.39 is 0 Å². The molecule has 0 unspecified atom stereocenters. The fraction of sp³-hybridized carbons (Fsp3) is 0.320. The predicted molar refractivity (Wildman–Crippen MR) is 121 cm³/mol. The molecule has 150 valence electrons. The monoisotopic (exact) mass is 387 g/mol. The number of carbonyl (C=O) groups excluding carboxylic acids is 1. The first-order valence-corrected chi connectivity index (χ1v) is 10.5. The Morgan fingerprint density at radius 1 is 0.897 bits per heavy atom. The number of aryl methyl sites for hydroxylation is 1. The van der Waals surface area contributed by atoms with Gasteiger partial charge in [-0.2, -0.15) is 0 Å². The van der Waals surface area contributed by atoms with Crippen LogP contribution in [0.15, 0.2) is 66.7 Å². The average molecular weight is 388 g/mol. The van der Waals surface area contributed by atoms with Crippen LogP contribution in [0.1, 0.15) is 22.3 Å². The summed E-state index contributed by atoms with van der Waals surface area (Å²) in [4.78, 5) is 17.4. The molecule has 0 radical (unpaired) electrons. The minimum Gasteiger partial charge on any atom is -0.369 e. The van der Waals surface area contributed by atoms with Gasteiger partial charge in [-0.15, -0.1) is 0 Å². The Kier molecular flexibility index (Phi) is 6.11. The number of nitrogens with one attached hydrogen (secondary N) is 1. The summed E-state index contributed by atoms with van der Waals surface area (Å²) < 4.78 is 0. The van der Waals surface area contributed by atoms with Crippen molar-refractivity contribution in [2.45, 2.75) is 12.8 Å². The third-order valence-corrected chi connectivity index (χ3v) is 5.77. The zero-order chi connectivity index (χ0) is 20.1. The number of likely N-dealkylation sites (N-methyl/N-ethyl adjacent to an activating group) is 1. The zero-order valence-electron chi connectivity index (χ0n) is 17.1. The van der Waals surface area contributed by atoms with Gasteiger partial charge in [-0.05, 0) is 54.4 Å². The molecule has 0 saturated carbocycles. The molecular formula is C25H29N3O. The number of rotatable bonds is 6. The second kappa shape index (κ2) is 9.10. The van der Waals surface area contributed by atoms with Crippen molar-refractivity contribution in [3.63, 3.8) is 0 Å². The molecule has 0 bridgehead atoms. The molecule has 0 aromatic heterocycles. The molecule has 4 rings (SSSR count). The van der Waals surface area contributed by atoms with Crippen LogP contribution in [0.25, 0.3) is 10.8 Å². The fourth-order valence-corrected chi connectivity index (χ4v) is 3.95. The maximum atomic E-state index is 12.6. The van der Waals surface area contributed by atoms with Crippen LogP contribution in [0.2, 0.25) is 0 Å². The van der Waals surface area contributed by atoms with E-state index in [1.807, 2.05) is 42.5 Å². The molecule has 1 heterocycles. The summed E-state index contributed by atoms with van der Waals surface area (Å²) in [5, 5.41) is 5.18. The van der Waals surface area contributed by atoms with Crippen LogP contribution in [0.4, 0.5) is 5.69 Å². The lowest BCUT2D eigenvalue weighted by atomic mass is 10.0. The number of hydrogen-bond donors (Lipinski definition) is 1. The number of anilines is 1. The smallest absolute Gasteiger partial charge is 0.251 e. The predicted octanol–water partition coefficient (Wildman–Crippen LogP) is 3.95. The van der Waals surface area contributed by atoms with Crippen LogP contribution in [-0.2, 0) is 6.42 Å². The Bertz CT molecular complexity index is 954. The number of carbonyl (C=O) groups is 1. The largest absolute Gasteiger partial charge is 0.369 e. The van der Waals surface area contributed by atoms with Gasteiger partial charge >= 0.3 is 0 Å². The first kappa shape index (κ1) is 19.5. The van der Waals surface area contributed by atoms with Crippen molar-refractivity contribution in [2.24, 2.45) is 0 Å². The van der Waals surface area contributed by atoms with Crippen LogP contribution in [0, 0.1) is 0 Å². The van der Waals surface area contributed by atoms with Crippen molar-refractivity contribution in [1.82, 2.24) is 10.2 Å². The molecule has 1 saturated heterocycles. The number of nitrogens with zero attached hydrogens (tertiary/aromatic N) is 2. The molecule has 29 heavy (non-hydrogen) atoms. The third-order valence-electron chi connectivity index (χ3n) is 5.77. The van der Waals surface area contributed by atoms with Gasteiger partial charge < -0.3 is 15.1 Å². The molecule has 4 heteroatoms. The molecule has 3 aromatic carbocycles. The van der Waals surface area contributed by atoms with E-state index in [1.54, 1.807) is 0 Å². The van der Waals surface area contributed by atoms with E-state index in [-0.39, 0.29) is 5.91 Å². The Morgan fingerprint density at radius 3 is 2.41 bits per heavy atom. The molecule has 0 aliphatic carbocycles. The highest BCUT2D eigenvalue weighted by atomic mass is 16.1. The van der Waals surface area contributed by atoms with Crippen molar-refractivity contribution < 1.29 is 4.79 Å². The number of benzene rings is 3. The van der Waals surface area contributed by atoms with Crippen molar-refractivity contribution in [1.29, 1.82) is 0 Å². The molecule has 1 fully saturated rings. The van der Waals surface area contributed by atoms with Gasteiger partial charge in [0.1, 0.15) is 0 Å². The SMILES string of the molecule is CN1CCN(c2ccc(CCCNC(=O)c3cccc4ccccc34)cc2)CC1. The van der Waals surface area contributed by atoms with Crippen LogP contribution in [0.3, 0.4) is 0 Å². The maximum absolute atomic E-state index is 12.6. The summed E-state index contributed by atoms with van der Waals surface area (Å²) >= 11 is 0. The van der Waals surface area contributed by atoms with Crippen molar-refractivity contribution >= 4 is 22.4 Å². The van der Waals surface area contributed by atoms with Gasteiger partial charge in [0, 0.05) is 44.0 Å². The number of piperazine rings is 1. The molecular weight excluding hydrogens is 358 g/mol. The lowest BCUT2D eigenvalue weighted by molar-refractivity contribution is 0.0955. The molecule has 3 aromatic rings. The highest BCUT2D eigenvalue weighted by molar-refractivity contribution is 6.06. The first-order valence-electron chi connectivity index (χ1n) is 10.5. The summed E-state index contributed by atoms with van der Waals surface area (Å²) in [6.07, 6.45) is 1.91. The first-order chi connectivity index (χ1) is 14.2. The molecule has 1 aliphatic rings. The molecule has 1 amide bonds. The van der Waals surface area contributed by atoms with Gasteiger partial charge in [-0.3, -0.25) is 4.79 Å². The van der Waals surface area contributed by atoms with E-state index >= 15 is 0 Å². The van der Waals surface area contributed by atoms with Crippen molar-refractivity contribution in [2.75, 3.05) is 44.7 Å². The summed E-state index contributed by atoms with van der Waals surface area (Å²) in [6, 6.07) is 22.8. The summed E-state index contributed by atoms with van der Waals surface area (Å²) in [5.41, 5.74) is 3.38. The maximum Gasteiger partial charge on any atom is 0.251 e. The van der Waals surface area contributed by atoms with E-state index in [1.165, 1.54) is 11.3 Å². The topological polar surface area (TPSA) is 35.6 Å². The molecule has 1 aliphatic heterocycles. The summed E-state index contributed by atoms with van der Waals surface area (Å²) in [5.74, 6) is 0.00668. The fourth-order valence-electron chi connectivity index (χ4n) is 3.95. The van der Waals surface area contributed by atoms with Crippen LogP contribution in [-0.4, -0.2) is 50.6 Å². The minimum absolute atomic E-state index is 0.00668. The number of fused-ring (bicyclic) bond motifs is 1. The van der Waals surface area contributed by atoms with Crippen LogP contribution < -0.4 is 10.2 Å². The Balaban J connectivity index is 1.26. The van der Waals surface area contributed by atoms with E-state index in [2.05, 4.69) is 46.4 Å². The van der Waals surface area contributed by atoms with E-state index in [0.29, 0.717) is 6.54 Å². The quantitative estimate of drug-likeness (QED) is 0.651. The van der Waals surface area contributed by atoms with Gasteiger partial charge in [0.2, 0.25) is 0 Å². The molecule has 1 N–H and O–H groups in total. The third kappa shape index (κ3) is 4.77. The van der Waals surface area contributed by atoms with Gasteiger partial charge in [-0.1, -0.05) is 48.5 Å². The van der Waals surface area contributed by atoms with Gasteiger partial charge in [0.25, 0.3) is 5.91 Å². The van der Waals surface area contributed by atoms with Crippen molar-refractivity contribution in [3.05, 3.63) is 77.9 Å². The van der Waals surface area contributed by atoms with Crippen LogP contribution >= 0.6 is 0 Å². The molecule has 4 nitrogen and oxygen atoms in total. The van der Waals surface area contributed by atoms with Crippen molar-refractivity contribution in [3.8, 4) is 0 Å². The highest BCUT2D eigenvalue weighted by Gasteiger charge is 2.14. The highest BCUT2D eigenvalue weighted by Crippen LogP contribution is 2.19. The van der Waals surface area contributed by atoms with Crippen LogP contribution in [0.5, 0.6) is 0 Å². The summed E-state index contributed by atoms with van der Waals surface area (Å²) in [6.45, 7) is 5.12. The molecule has 0 atom stereocenters. The second-order valence-corrected chi connectivity index (χ2v) is 7.84. The molecule has 0 spiro atoms. The number of hydrogen-bond acceptors (Lipinski definition) is 3. The lowest BCUT2D eigenvalue weighted by Gasteiger charge is -2.34. The second-order valence-electron chi connectivity index (χ2n) is 7.84. The van der Waals surface area contributed by atoms with Gasteiger partial charge in [0.15, 0.2) is 0 Å². The minimum atomic E-state index is 0.00668. The number of amides is 1. The standard InChI is InChI=1S/C25H29N3O/c1-27-16-18-28(19-17-27)22-13-11-20(12-14-22)6-5-15-26-25(29)24-10-4-8-21-7-2-3-9-23(21)24/h2-4,7-14H,5-6,15-19H2,1H3,(H,26,29). The normalized spacial score (nSPS) is 14.9. The van der Waals surface area contributed by atoms with Gasteiger partial charge in [-0.25, -0.2) is 0 Å². The Morgan fingerprint density at radius 2 is 1.62 bits per heavy atom. The van der Waals surface area contributed by atoms with E-state index in [9.17, 15) is 4.79 Å². The lowest BCUT2D eigenvalue weighted by Crippen LogP contribution is -2.44. The zero-order valence-corrected chi connectivity index (χ0v) is 17.1. The van der Waals surface area contributed by atoms with E-state index in [0.717, 1.165) is 55.4 Å². The average Bonchev–Trinajstić information content (AvgIpc) is 2.77. The Labute approximate surface area is 173 Å². The van der Waals surface area contributed by atoms with E-state index in [4.69, 9.17) is 0 Å². The Hall–Kier alpha value is -2.85. The summed E-state index contributed by atoms with van der Waals surface area (Å²) in [7, 11) is 2.18. The van der Waals surface area contributed by atoms with Gasteiger partial charge in [0.05, 0.1) is 0 Å².